The molecule has 1 N–H and O–H groups in total. The van der Waals surface area contributed by atoms with Crippen molar-refractivity contribution in [2.45, 2.75) is 59.9 Å². The molecule has 1 fully saturated rings. The van der Waals surface area contributed by atoms with E-state index in [1.807, 2.05) is 30.9 Å². The van der Waals surface area contributed by atoms with Crippen LogP contribution in [0.3, 0.4) is 0 Å². The number of rotatable bonds is 4. The minimum Gasteiger partial charge on any atom is -0.464 e. The van der Waals surface area contributed by atoms with Gasteiger partial charge in [0, 0.05) is 19.5 Å². The normalized spacial score (nSPS) is 19.9. The molecule has 2 amide bonds. The highest BCUT2D eigenvalue weighted by atomic mass is 16.3. The quantitative estimate of drug-likeness (QED) is 0.917. The van der Waals surface area contributed by atoms with Crippen LogP contribution < -0.4 is 5.32 Å². The van der Waals surface area contributed by atoms with E-state index >= 15 is 0 Å². The van der Waals surface area contributed by atoms with Gasteiger partial charge in [0.2, 0.25) is 11.8 Å². The molecule has 1 aromatic heterocycles. The zero-order valence-corrected chi connectivity index (χ0v) is 15.5. The van der Waals surface area contributed by atoms with Gasteiger partial charge in [-0.2, -0.15) is 0 Å². The number of carbonyl (C=O) groups excluding carboxylic acids is 2. The Hall–Kier alpha value is -1.78. The fraction of sp³-hybridized carbons (Fsp3) is 0.684. The first-order valence-electron chi connectivity index (χ1n) is 8.87. The highest BCUT2D eigenvalue weighted by Crippen LogP contribution is 2.34. The van der Waals surface area contributed by atoms with Gasteiger partial charge in [0.25, 0.3) is 0 Å². The molecule has 2 atom stereocenters. The molecule has 1 saturated heterocycles. The minimum absolute atomic E-state index is 0.0116. The first-order valence-corrected chi connectivity index (χ1v) is 8.87. The van der Waals surface area contributed by atoms with Crippen molar-refractivity contribution in [2.24, 2.45) is 11.3 Å². The van der Waals surface area contributed by atoms with E-state index in [0.29, 0.717) is 13.0 Å². The third-order valence-electron chi connectivity index (χ3n) is 4.65. The van der Waals surface area contributed by atoms with Crippen LogP contribution in [0.5, 0.6) is 0 Å². The van der Waals surface area contributed by atoms with E-state index in [2.05, 4.69) is 26.1 Å². The molecule has 0 bridgehead atoms. The maximum atomic E-state index is 12.8. The first-order chi connectivity index (χ1) is 11.2. The number of likely N-dealkylation sites (tertiary alicyclic amines) is 1. The van der Waals surface area contributed by atoms with Crippen molar-refractivity contribution in [1.29, 1.82) is 0 Å². The summed E-state index contributed by atoms with van der Waals surface area (Å²) in [5.41, 5.74) is -0.159. The van der Waals surface area contributed by atoms with Crippen LogP contribution in [-0.4, -0.2) is 29.8 Å². The zero-order chi connectivity index (χ0) is 17.9. The minimum atomic E-state index is -0.184. The number of nitrogens with zero attached hydrogens (tertiary/aromatic N) is 1. The molecule has 5 nitrogen and oxygen atoms in total. The van der Waals surface area contributed by atoms with Crippen LogP contribution in [0.15, 0.2) is 16.5 Å². The van der Waals surface area contributed by atoms with Gasteiger partial charge in [-0.15, -0.1) is 0 Å². The number of carbonyl (C=O) groups is 2. The van der Waals surface area contributed by atoms with E-state index in [9.17, 15) is 9.59 Å². The molecule has 134 valence electrons. The fourth-order valence-corrected chi connectivity index (χ4v) is 3.22. The van der Waals surface area contributed by atoms with Gasteiger partial charge < -0.3 is 14.6 Å². The average Bonchev–Trinajstić information content (AvgIpc) is 2.96. The van der Waals surface area contributed by atoms with E-state index in [1.54, 1.807) is 0 Å². The first kappa shape index (κ1) is 18.6. The third-order valence-corrected chi connectivity index (χ3v) is 4.65. The lowest BCUT2D eigenvalue weighted by molar-refractivity contribution is -0.136. The van der Waals surface area contributed by atoms with Crippen molar-refractivity contribution in [2.75, 3.05) is 13.1 Å². The highest BCUT2D eigenvalue weighted by molar-refractivity contribution is 5.81. The summed E-state index contributed by atoms with van der Waals surface area (Å²) >= 11 is 0. The van der Waals surface area contributed by atoms with E-state index in [0.717, 1.165) is 30.9 Å². The summed E-state index contributed by atoms with van der Waals surface area (Å²) < 4.78 is 5.76. The lowest BCUT2D eigenvalue weighted by atomic mass is 9.84. The van der Waals surface area contributed by atoms with Gasteiger partial charge in [0.15, 0.2) is 0 Å². The number of furan rings is 1. The maximum absolute atomic E-state index is 12.8. The van der Waals surface area contributed by atoms with Gasteiger partial charge in [-0.1, -0.05) is 27.7 Å². The summed E-state index contributed by atoms with van der Waals surface area (Å²) in [6, 6.07) is 3.66. The molecular weight excluding hydrogens is 304 g/mol. The summed E-state index contributed by atoms with van der Waals surface area (Å²) in [6.45, 7) is 11.3. The van der Waals surface area contributed by atoms with E-state index in [-0.39, 0.29) is 29.2 Å². The second-order valence-electron chi connectivity index (χ2n) is 7.79. The third kappa shape index (κ3) is 4.40. The Morgan fingerprint density at radius 2 is 2.08 bits per heavy atom. The van der Waals surface area contributed by atoms with Gasteiger partial charge in [-0.3, -0.25) is 9.59 Å². The second-order valence-corrected chi connectivity index (χ2v) is 7.79. The summed E-state index contributed by atoms with van der Waals surface area (Å²) in [7, 11) is 0. The summed E-state index contributed by atoms with van der Waals surface area (Å²) in [5.74, 6) is 1.62. The lowest BCUT2D eigenvalue weighted by Crippen LogP contribution is -2.47. The fourth-order valence-electron chi connectivity index (χ4n) is 3.22. The van der Waals surface area contributed by atoms with Crippen molar-refractivity contribution in [3.05, 3.63) is 23.7 Å². The molecule has 0 spiro atoms. The van der Waals surface area contributed by atoms with Crippen molar-refractivity contribution in [3.63, 3.8) is 0 Å². The molecule has 5 heteroatoms. The van der Waals surface area contributed by atoms with Crippen molar-refractivity contribution < 1.29 is 14.0 Å². The highest BCUT2D eigenvalue weighted by Gasteiger charge is 2.34. The molecule has 0 saturated carbocycles. The Morgan fingerprint density at radius 1 is 1.38 bits per heavy atom. The van der Waals surface area contributed by atoms with E-state index in [1.165, 1.54) is 0 Å². The van der Waals surface area contributed by atoms with E-state index < -0.39 is 0 Å². The second kappa shape index (κ2) is 7.41. The molecule has 2 heterocycles. The van der Waals surface area contributed by atoms with Gasteiger partial charge in [-0.05, 0) is 37.3 Å². The monoisotopic (exact) mass is 334 g/mol. The Bertz CT molecular complexity index is 586. The number of piperidine rings is 1. The number of amides is 2. The van der Waals surface area contributed by atoms with Gasteiger partial charge in [0.05, 0.1) is 12.0 Å². The number of hydrogen-bond acceptors (Lipinski definition) is 3. The van der Waals surface area contributed by atoms with Gasteiger partial charge >= 0.3 is 0 Å². The Kier molecular flexibility index (Phi) is 5.73. The molecule has 1 aliphatic rings. The molecule has 0 aliphatic carbocycles. The van der Waals surface area contributed by atoms with Gasteiger partial charge in [-0.25, -0.2) is 0 Å². The van der Waals surface area contributed by atoms with Crippen LogP contribution in [0.25, 0.3) is 0 Å². The number of aryl methyl sites for hydroxylation is 1. The molecule has 2 rings (SSSR count). The molecule has 0 aromatic carbocycles. The molecule has 1 aromatic rings. The lowest BCUT2D eigenvalue weighted by Gasteiger charge is -2.35. The zero-order valence-electron chi connectivity index (χ0n) is 15.5. The maximum Gasteiger partial charge on any atom is 0.225 e. The topological polar surface area (TPSA) is 62.6 Å². The van der Waals surface area contributed by atoms with Crippen LogP contribution in [0, 0.1) is 18.3 Å². The summed E-state index contributed by atoms with van der Waals surface area (Å²) in [4.78, 5) is 26.5. The van der Waals surface area contributed by atoms with Crippen molar-refractivity contribution >= 4 is 11.8 Å². The van der Waals surface area contributed by atoms with E-state index in [4.69, 9.17) is 4.42 Å². The number of hydrogen-bond donors (Lipinski definition) is 1. The average molecular weight is 334 g/mol. The summed E-state index contributed by atoms with van der Waals surface area (Å²) in [6.07, 6.45) is 2.20. The van der Waals surface area contributed by atoms with Crippen molar-refractivity contribution in [1.82, 2.24) is 10.2 Å². The smallest absolute Gasteiger partial charge is 0.225 e. The van der Waals surface area contributed by atoms with Crippen molar-refractivity contribution in [3.8, 4) is 0 Å². The SMILES string of the molecule is CCC(=O)N1CCC[C@@H](C(=O)N[C@@H](c2ccc(C)o2)C(C)(C)C)C1. The van der Waals surface area contributed by atoms with Crippen LogP contribution in [-0.2, 0) is 9.59 Å². The Morgan fingerprint density at radius 3 is 2.62 bits per heavy atom. The van der Waals surface area contributed by atoms with Crippen LogP contribution >= 0.6 is 0 Å². The molecular formula is C19H30N2O3. The van der Waals surface area contributed by atoms with Crippen LogP contribution in [0.2, 0.25) is 0 Å². The number of nitrogens with one attached hydrogen (secondary N) is 1. The largest absolute Gasteiger partial charge is 0.464 e. The predicted octanol–water partition coefficient (Wildman–Crippen LogP) is 3.44. The predicted molar refractivity (Wildman–Crippen MR) is 93.4 cm³/mol. The molecule has 0 radical (unpaired) electrons. The molecule has 0 unspecified atom stereocenters. The van der Waals surface area contributed by atoms with Crippen LogP contribution in [0.4, 0.5) is 0 Å². The van der Waals surface area contributed by atoms with Crippen LogP contribution in [0.1, 0.15) is 64.5 Å². The molecule has 1 aliphatic heterocycles. The summed E-state index contributed by atoms with van der Waals surface area (Å²) in [5, 5.41) is 3.16. The molecule has 24 heavy (non-hydrogen) atoms. The standard InChI is InChI=1S/C19H30N2O3/c1-6-16(22)21-11-7-8-14(12-21)18(23)20-17(19(3,4)5)15-10-9-13(2)24-15/h9-10,14,17H,6-8,11-12H2,1-5H3,(H,20,23)/t14-,17+/m1/s1. The van der Waals surface area contributed by atoms with Gasteiger partial charge in [0.1, 0.15) is 11.5 Å². The Balaban J connectivity index is 2.09. The Labute approximate surface area is 144 Å².